The second-order valence-corrected chi connectivity index (χ2v) is 5.67. The average molecular weight is 332 g/mol. The summed E-state index contributed by atoms with van der Waals surface area (Å²) in [7, 11) is 0. The third-order valence-corrected chi connectivity index (χ3v) is 4.09. The molecule has 98 valence electrons. The zero-order valence-electron chi connectivity index (χ0n) is 10.3. The minimum Gasteiger partial charge on any atom is -0.336 e. The summed E-state index contributed by atoms with van der Waals surface area (Å²) in [5, 5.41) is 0.515. The van der Waals surface area contributed by atoms with Gasteiger partial charge >= 0.3 is 0 Å². The largest absolute Gasteiger partial charge is 0.336 e. The van der Waals surface area contributed by atoms with Gasteiger partial charge in [0.25, 0.3) is 5.91 Å². The molecule has 1 aromatic carbocycles. The van der Waals surface area contributed by atoms with Crippen molar-refractivity contribution in [1.29, 1.82) is 0 Å². The summed E-state index contributed by atoms with van der Waals surface area (Å²) >= 11 is 9.46. The maximum absolute atomic E-state index is 12.4. The van der Waals surface area contributed by atoms with E-state index in [0.717, 1.165) is 37.2 Å². The molecule has 0 aromatic heterocycles. The summed E-state index contributed by atoms with van der Waals surface area (Å²) in [5.74, 6) is 0.0250. The summed E-state index contributed by atoms with van der Waals surface area (Å²) in [4.78, 5) is 16.6. The highest BCUT2D eigenvalue weighted by Crippen LogP contribution is 2.22. The molecule has 3 nitrogen and oxygen atoms in total. The van der Waals surface area contributed by atoms with E-state index in [2.05, 4.69) is 27.8 Å². The van der Waals surface area contributed by atoms with Gasteiger partial charge in [0, 0.05) is 30.7 Å². The van der Waals surface area contributed by atoms with Gasteiger partial charge in [0.1, 0.15) is 0 Å². The van der Waals surface area contributed by atoms with Crippen molar-refractivity contribution in [1.82, 2.24) is 9.80 Å². The third-order valence-electron chi connectivity index (χ3n) is 3.27. The van der Waals surface area contributed by atoms with Gasteiger partial charge in [-0.1, -0.05) is 34.5 Å². The fraction of sp³-hybridized carbons (Fsp3) is 0.462. The van der Waals surface area contributed by atoms with Crippen molar-refractivity contribution in [2.24, 2.45) is 0 Å². The number of piperazine rings is 1. The lowest BCUT2D eigenvalue weighted by atomic mass is 10.2. The number of rotatable bonds is 2. The first-order valence-corrected chi connectivity index (χ1v) is 7.25. The van der Waals surface area contributed by atoms with Crippen molar-refractivity contribution in [2.45, 2.75) is 6.92 Å². The molecule has 0 spiro atoms. The molecule has 18 heavy (non-hydrogen) atoms. The van der Waals surface area contributed by atoms with Crippen LogP contribution in [0.4, 0.5) is 0 Å². The lowest BCUT2D eigenvalue weighted by Crippen LogP contribution is -2.48. The molecule has 0 N–H and O–H groups in total. The zero-order valence-corrected chi connectivity index (χ0v) is 12.7. The Balaban J connectivity index is 2.10. The lowest BCUT2D eigenvalue weighted by Gasteiger charge is -2.34. The molecule has 2 rings (SSSR count). The van der Waals surface area contributed by atoms with E-state index in [1.54, 1.807) is 12.1 Å². The highest BCUT2D eigenvalue weighted by atomic mass is 79.9. The summed E-state index contributed by atoms with van der Waals surface area (Å²) in [5.41, 5.74) is 0.580. The molecule has 1 aliphatic heterocycles. The number of amides is 1. The van der Waals surface area contributed by atoms with Gasteiger partial charge in [0.05, 0.1) is 10.6 Å². The molecule has 0 atom stereocenters. The number of hydrogen-bond donors (Lipinski definition) is 0. The molecule has 5 heteroatoms. The molecular formula is C13H16BrClN2O. The summed E-state index contributed by atoms with van der Waals surface area (Å²) < 4.78 is 0.877. The normalized spacial score (nSPS) is 16.9. The Morgan fingerprint density at radius 3 is 2.61 bits per heavy atom. The van der Waals surface area contributed by atoms with Crippen LogP contribution in [0.5, 0.6) is 0 Å². The highest BCUT2D eigenvalue weighted by Gasteiger charge is 2.22. The molecular weight excluding hydrogens is 316 g/mol. The Bertz CT molecular complexity index is 445. The molecule has 0 saturated carbocycles. The van der Waals surface area contributed by atoms with Gasteiger partial charge in [-0.15, -0.1) is 0 Å². The fourth-order valence-electron chi connectivity index (χ4n) is 2.10. The van der Waals surface area contributed by atoms with Crippen molar-refractivity contribution in [3.05, 3.63) is 33.3 Å². The van der Waals surface area contributed by atoms with Crippen LogP contribution in [0.15, 0.2) is 22.7 Å². The van der Waals surface area contributed by atoms with Gasteiger partial charge in [-0.05, 0) is 24.7 Å². The van der Waals surface area contributed by atoms with E-state index in [-0.39, 0.29) is 5.91 Å². The molecule has 1 aromatic rings. The van der Waals surface area contributed by atoms with Crippen LogP contribution in [-0.2, 0) is 0 Å². The van der Waals surface area contributed by atoms with Crippen molar-refractivity contribution >= 4 is 33.4 Å². The van der Waals surface area contributed by atoms with Crippen molar-refractivity contribution < 1.29 is 4.79 Å². The predicted molar refractivity (Wildman–Crippen MR) is 77.2 cm³/mol. The maximum Gasteiger partial charge on any atom is 0.255 e. The average Bonchev–Trinajstić information content (AvgIpc) is 2.41. The summed E-state index contributed by atoms with van der Waals surface area (Å²) in [6.07, 6.45) is 0. The first kappa shape index (κ1) is 13.8. The van der Waals surface area contributed by atoms with E-state index in [0.29, 0.717) is 10.6 Å². The first-order chi connectivity index (χ1) is 8.61. The van der Waals surface area contributed by atoms with Crippen LogP contribution in [0.3, 0.4) is 0 Å². The number of carbonyl (C=O) groups excluding carboxylic acids is 1. The van der Waals surface area contributed by atoms with Gasteiger partial charge in [0.2, 0.25) is 0 Å². The van der Waals surface area contributed by atoms with Gasteiger partial charge in [-0.2, -0.15) is 0 Å². The maximum atomic E-state index is 12.4. The summed E-state index contributed by atoms with van der Waals surface area (Å²) in [6.45, 7) is 6.61. The monoisotopic (exact) mass is 330 g/mol. The Morgan fingerprint density at radius 2 is 2.00 bits per heavy atom. The molecule has 0 bridgehead atoms. The van der Waals surface area contributed by atoms with Crippen LogP contribution < -0.4 is 0 Å². The molecule has 1 fully saturated rings. The quantitative estimate of drug-likeness (QED) is 0.832. The van der Waals surface area contributed by atoms with Crippen molar-refractivity contribution in [2.75, 3.05) is 32.7 Å². The van der Waals surface area contributed by atoms with E-state index in [1.807, 2.05) is 11.0 Å². The standard InChI is InChI=1S/C13H16BrClN2O/c1-2-16-5-7-17(8-6-16)13(18)11-9-10(14)3-4-12(11)15/h3-4,9H,2,5-8H2,1H3. The SMILES string of the molecule is CCN1CCN(C(=O)c2cc(Br)ccc2Cl)CC1. The predicted octanol–water partition coefficient (Wildman–Crippen LogP) is 2.88. The van der Waals surface area contributed by atoms with Crippen LogP contribution in [0, 0.1) is 0 Å². The zero-order chi connectivity index (χ0) is 13.1. The van der Waals surface area contributed by atoms with E-state index in [1.165, 1.54) is 0 Å². The van der Waals surface area contributed by atoms with Crippen LogP contribution in [0.2, 0.25) is 5.02 Å². The van der Waals surface area contributed by atoms with Gasteiger partial charge in [-0.25, -0.2) is 0 Å². The molecule has 1 saturated heterocycles. The minimum absolute atomic E-state index is 0.0250. The van der Waals surface area contributed by atoms with Crippen molar-refractivity contribution in [3.63, 3.8) is 0 Å². The first-order valence-electron chi connectivity index (χ1n) is 6.08. The number of benzene rings is 1. The number of carbonyl (C=O) groups is 1. The molecule has 0 aliphatic carbocycles. The van der Waals surface area contributed by atoms with Gasteiger partial charge < -0.3 is 9.80 Å². The molecule has 1 amide bonds. The number of nitrogens with zero attached hydrogens (tertiary/aromatic N) is 2. The lowest BCUT2D eigenvalue weighted by molar-refractivity contribution is 0.0643. The van der Waals surface area contributed by atoms with E-state index >= 15 is 0 Å². The molecule has 0 radical (unpaired) electrons. The minimum atomic E-state index is 0.0250. The Labute approximate surface area is 121 Å². The fourth-order valence-corrected chi connectivity index (χ4v) is 2.66. The number of hydrogen-bond acceptors (Lipinski definition) is 2. The number of likely N-dealkylation sites (N-methyl/N-ethyl adjacent to an activating group) is 1. The second kappa shape index (κ2) is 6.04. The summed E-state index contributed by atoms with van der Waals surface area (Å²) in [6, 6.07) is 5.38. The van der Waals surface area contributed by atoms with Crippen LogP contribution in [-0.4, -0.2) is 48.4 Å². The van der Waals surface area contributed by atoms with E-state index in [9.17, 15) is 4.79 Å². The highest BCUT2D eigenvalue weighted by molar-refractivity contribution is 9.10. The number of halogens is 2. The van der Waals surface area contributed by atoms with Gasteiger partial charge in [-0.3, -0.25) is 4.79 Å². The van der Waals surface area contributed by atoms with E-state index < -0.39 is 0 Å². The molecule has 1 heterocycles. The van der Waals surface area contributed by atoms with Crippen LogP contribution in [0.1, 0.15) is 17.3 Å². The molecule has 1 aliphatic rings. The van der Waals surface area contributed by atoms with E-state index in [4.69, 9.17) is 11.6 Å². The Kier molecular flexibility index (Phi) is 4.65. The van der Waals surface area contributed by atoms with Crippen LogP contribution in [0.25, 0.3) is 0 Å². The smallest absolute Gasteiger partial charge is 0.255 e. The van der Waals surface area contributed by atoms with Crippen molar-refractivity contribution in [3.8, 4) is 0 Å². The third kappa shape index (κ3) is 3.05. The van der Waals surface area contributed by atoms with Crippen LogP contribution >= 0.6 is 27.5 Å². The topological polar surface area (TPSA) is 23.6 Å². The van der Waals surface area contributed by atoms with Gasteiger partial charge in [0.15, 0.2) is 0 Å². The second-order valence-electron chi connectivity index (χ2n) is 4.35. The molecule has 0 unspecified atom stereocenters. The Morgan fingerprint density at radius 1 is 1.33 bits per heavy atom. The Hall–Kier alpha value is -0.580.